The molecule has 1 fully saturated rings. The van der Waals surface area contributed by atoms with Crippen LogP contribution >= 0.6 is 0 Å². The normalized spacial score (nSPS) is 21.0. The smallest absolute Gasteiger partial charge is 0.319 e. The zero-order chi connectivity index (χ0) is 17.9. The topological polar surface area (TPSA) is 87.7 Å². The lowest BCUT2D eigenvalue weighted by Gasteiger charge is -2.21. The molecule has 0 aliphatic carbocycles. The number of benzene rings is 1. The van der Waals surface area contributed by atoms with Crippen LogP contribution in [-0.2, 0) is 14.8 Å². The average molecular weight is 363 g/mol. The van der Waals surface area contributed by atoms with Crippen molar-refractivity contribution in [3.05, 3.63) is 29.8 Å². The van der Waals surface area contributed by atoms with E-state index in [1.165, 1.54) is 14.1 Å². The molecule has 2 N–H and O–H groups in total. The van der Waals surface area contributed by atoms with Crippen LogP contribution in [-0.4, -0.2) is 57.9 Å². The van der Waals surface area contributed by atoms with E-state index in [4.69, 9.17) is 4.74 Å². The van der Waals surface area contributed by atoms with Crippen molar-refractivity contribution in [2.75, 3.05) is 38.4 Å². The van der Waals surface area contributed by atoms with E-state index in [2.05, 4.69) is 10.6 Å². The number of carbonyl (C=O) groups excluding carboxylic acids is 1. The van der Waals surface area contributed by atoms with Gasteiger partial charge in [0.15, 0.2) is 0 Å². The monoisotopic (exact) mass is 363 g/mol. The molecule has 10 heteroatoms. The minimum absolute atomic E-state index is 0.146. The molecule has 7 nitrogen and oxygen atoms in total. The van der Waals surface area contributed by atoms with Crippen molar-refractivity contribution in [3.8, 4) is 0 Å². The minimum Gasteiger partial charge on any atom is -0.379 e. The summed E-state index contributed by atoms with van der Waals surface area (Å²) in [5.74, 6) is -2.08. The van der Waals surface area contributed by atoms with E-state index in [0.29, 0.717) is 0 Å². The molecule has 0 radical (unpaired) electrons. The van der Waals surface area contributed by atoms with E-state index >= 15 is 0 Å². The number of carbonyl (C=O) groups is 1. The predicted octanol–water partition coefficient (Wildman–Crippen LogP) is 0.993. The summed E-state index contributed by atoms with van der Waals surface area (Å²) in [7, 11) is -0.602. The van der Waals surface area contributed by atoms with Gasteiger partial charge in [-0.15, -0.1) is 0 Å². The van der Waals surface area contributed by atoms with Crippen LogP contribution in [0.5, 0.6) is 0 Å². The molecule has 134 valence electrons. The van der Waals surface area contributed by atoms with Gasteiger partial charge in [0.25, 0.3) is 0 Å². The van der Waals surface area contributed by atoms with Crippen LogP contribution in [0.15, 0.2) is 18.2 Å². The molecule has 0 bridgehead atoms. The summed E-state index contributed by atoms with van der Waals surface area (Å²) in [5.41, 5.74) is -0.302. The van der Waals surface area contributed by atoms with Crippen molar-refractivity contribution in [2.24, 2.45) is 5.92 Å². The zero-order valence-electron chi connectivity index (χ0n) is 13.3. The van der Waals surface area contributed by atoms with Gasteiger partial charge in [-0.05, 0) is 12.1 Å². The van der Waals surface area contributed by atoms with Gasteiger partial charge >= 0.3 is 6.03 Å². The van der Waals surface area contributed by atoms with Crippen molar-refractivity contribution in [1.29, 1.82) is 0 Å². The second-order valence-corrected chi connectivity index (χ2v) is 7.92. The first-order valence-electron chi connectivity index (χ1n) is 7.19. The molecule has 2 atom stereocenters. The van der Waals surface area contributed by atoms with Crippen LogP contribution in [0.3, 0.4) is 0 Å². The van der Waals surface area contributed by atoms with Crippen LogP contribution in [0, 0.1) is 17.6 Å². The third kappa shape index (κ3) is 4.62. The molecule has 0 spiro atoms. The van der Waals surface area contributed by atoms with Crippen molar-refractivity contribution in [2.45, 2.75) is 6.04 Å². The third-order valence-electron chi connectivity index (χ3n) is 3.67. The van der Waals surface area contributed by atoms with E-state index in [1.54, 1.807) is 0 Å². The summed E-state index contributed by atoms with van der Waals surface area (Å²) in [5, 5.41) is 4.74. The van der Waals surface area contributed by atoms with Crippen LogP contribution in [0.4, 0.5) is 19.3 Å². The van der Waals surface area contributed by atoms with Crippen molar-refractivity contribution in [1.82, 2.24) is 9.62 Å². The molecule has 1 aromatic rings. The fourth-order valence-electron chi connectivity index (χ4n) is 2.26. The Balaban J connectivity index is 1.99. The first-order chi connectivity index (χ1) is 11.2. The molecule has 0 aromatic heterocycles. The first-order valence-corrected chi connectivity index (χ1v) is 8.80. The fraction of sp³-hybridized carbons (Fsp3) is 0.500. The maximum atomic E-state index is 13.5. The van der Waals surface area contributed by atoms with Crippen LogP contribution in [0.1, 0.15) is 0 Å². The molecule has 2 amide bonds. The quantitative estimate of drug-likeness (QED) is 0.817. The molecule has 1 aliphatic rings. The third-order valence-corrected chi connectivity index (χ3v) is 5.63. The highest BCUT2D eigenvalue weighted by atomic mass is 32.2. The highest BCUT2D eigenvalue weighted by Gasteiger charge is 2.34. The van der Waals surface area contributed by atoms with Crippen molar-refractivity contribution >= 4 is 21.7 Å². The summed E-state index contributed by atoms with van der Waals surface area (Å²) in [4.78, 5) is 12.0. The Bertz CT molecular complexity index is 712. The number of rotatable bonds is 5. The molecule has 2 rings (SSSR count). The van der Waals surface area contributed by atoms with Gasteiger partial charge in [-0.1, -0.05) is 0 Å². The Morgan fingerprint density at radius 2 is 2.04 bits per heavy atom. The first kappa shape index (κ1) is 18.6. The number of halogens is 2. The number of ether oxygens (including phenoxy) is 1. The Kier molecular flexibility index (Phi) is 5.73. The minimum atomic E-state index is -3.45. The number of hydrogen-bond donors (Lipinski definition) is 2. The Morgan fingerprint density at radius 1 is 1.33 bits per heavy atom. The molecule has 0 unspecified atom stereocenters. The van der Waals surface area contributed by atoms with Gasteiger partial charge < -0.3 is 15.4 Å². The SMILES string of the molecule is CN(C)S(=O)(=O)C[C@@H]1COC[C@@H]1NC(=O)Nc1cc(F)ccc1F. The molecule has 0 saturated carbocycles. The van der Waals surface area contributed by atoms with Crippen molar-refractivity contribution < 1.29 is 26.7 Å². The van der Waals surface area contributed by atoms with Gasteiger partial charge in [0.1, 0.15) is 11.6 Å². The Labute approximate surface area is 139 Å². The molecule has 1 heterocycles. The molecule has 1 aromatic carbocycles. The summed E-state index contributed by atoms with van der Waals surface area (Å²) in [6, 6.07) is 1.38. The lowest BCUT2D eigenvalue weighted by atomic mass is 10.1. The van der Waals surface area contributed by atoms with E-state index in [-0.39, 0.29) is 24.7 Å². The van der Waals surface area contributed by atoms with Gasteiger partial charge in [-0.3, -0.25) is 0 Å². The Hall–Kier alpha value is -1.78. The van der Waals surface area contributed by atoms with E-state index in [9.17, 15) is 22.0 Å². The van der Waals surface area contributed by atoms with Crippen molar-refractivity contribution in [3.63, 3.8) is 0 Å². The van der Waals surface area contributed by atoms with Gasteiger partial charge in [0.05, 0.1) is 30.7 Å². The number of anilines is 1. The number of nitrogens with one attached hydrogen (secondary N) is 2. The number of urea groups is 1. The highest BCUT2D eigenvalue weighted by molar-refractivity contribution is 7.89. The van der Waals surface area contributed by atoms with E-state index in [0.717, 1.165) is 22.5 Å². The number of amides is 2. The zero-order valence-corrected chi connectivity index (χ0v) is 14.1. The van der Waals surface area contributed by atoms with Gasteiger partial charge in [-0.25, -0.2) is 26.3 Å². The van der Waals surface area contributed by atoms with Gasteiger partial charge in [0.2, 0.25) is 10.0 Å². The maximum absolute atomic E-state index is 13.5. The molecule has 1 aliphatic heterocycles. The van der Waals surface area contributed by atoms with E-state index < -0.39 is 39.6 Å². The summed E-state index contributed by atoms with van der Waals surface area (Å²) < 4.78 is 56.8. The fourth-order valence-corrected chi connectivity index (χ4v) is 3.43. The number of hydrogen-bond acceptors (Lipinski definition) is 4. The average Bonchev–Trinajstić information content (AvgIpc) is 2.89. The largest absolute Gasteiger partial charge is 0.379 e. The van der Waals surface area contributed by atoms with E-state index in [1.807, 2.05) is 0 Å². The summed E-state index contributed by atoms with van der Waals surface area (Å²) in [6.07, 6.45) is 0. The second-order valence-electron chi connectivity index (χ2n) is 5.69. The number of nitrogens with zero attached hydrogens (tertiary/aromatic N) is 1. The maximum Gasteiger partial charge on any atom is 0.319 e. The molecule has 24 heavy (non-hydrogen) atoms. The second kappa shape index (κ2) is 7.41. The molecular weight excluding hydrogens is 344 g/mol. The lowest BCUT2D eigenvalue weighted by molar-refractivity contribution is 0.184. The van der Waals surface area contributed by atoms with Crippen LogP contribution in [0.2, 0.25) is 0 Å². The number of sulfonamides is 1. The predicted molar refractivity (Wildman–Crippen MR) is 84.1 cm³/mol. The summed E-state index contributed by atoms with van der Waals surface area (Å²) in [6.45, 7) is 0.332. The molecular formula is C14H19F2N3O4S. The van der Waals surface area contributed by atoms with Crippen LogP contribution in [0.25, 0.3) is 0 Å². The van der Waals surface area contributed by atoms with Gasteiger partial charge in [-0.2, -0.15) is 0 Å². The van der Waals surface area contributed by atoms with Gasteiger partial charge in [0, 0.05) is 26.1 Å². The molecule has 1 saturated heterocycles. The summed E-state index contributed by atoms with van der Waals surface area (Å²) >= 11 is 0. The standard InChI is InChI=1S/C14H19F2N3O4S/c1-19(2)24(21,22)8-9-6-23-7-13(9)18-14(20)17-12-5-10(15)3-4-11(12)16/h3-5,9,13H,6-8H2,1-2H3,(H2,17,18,20)/t9-,13-/m0/s1. The van der Waals surface area contributed by atoms with Crippen LogP contribution < -0.4 is 10.6 Å². The highest BCUT2D eigenvalue weighted by Crippen LogP contribution is 2.18. The lowest BCUT2D eigenvalue weighted by Crippen LogP contribution is -2.45. The Morgan fingerprint density at radius 3 is 2.71 bits per heavy atom.